The van der Waals surface area contributed by atoms with Gasteiger partial charge in [-0.3, -0.25) is 4.79 Å². The minimum atomic E-state index is -1.74. The molecular weight excluding hydrogens is 524 g/mol. The maximum Gasteiger partial charge on any atom is 0.336 e. The van der Waals surface area contributed by atoms with Crippen LogP contribution in [0.5, 0.6) is 0 Å². The Labute approximate surface area is 234 Å². The largest absolute Gasteiger partial charge is 0.480 e. The fraction of sp³-hybridized carbons (Fsp3) is 0.483. The number of unbranched alkanes of at least 4 members (excludes halogenated alkanes) is 3. The van der Waals surface area contributed by atoms with Crippen LogP contribution in [0.4, 0.5) is 5.69 Å². The molecule has 1 amide bonds. The first-order chi connectivity index (χ1) is 18.7. The lowest BCUT2D eigenvalue weighted by Crippen LogP contribution is -2.49. The molecule has 2 unspecified atom stereocenters. The lowest BCUT2D eigenvalue weighted by atomic mass is 10.1. The number of aliphatic carboxylic acids is 2. The average Bonchev–Trinajstić information content (AvgIpc) is 2.89. The number of rotatable bonds is 19. The summed E-state index contributed by atoms with van der Waals surface area (Å²) in [6.45, 7) is 4.19. The van der Waals surface area contributed by atoms with Crippen LogP contribution < -0.4 is 10.6 Å². The maximum atomic E-state index is 12.8. The lowest BCUT2D eigenvalue weighted by Gasteiger charge is -2.23. The SMILES string of the molecule is Cc1ccc(CCCCCNC(=O)C(OCCCCNc2ccc(C)c(Cl)c2)C(OCC(=O)O)C(=O)O)cc1. The van der Waals surface area contributed by atoms with Gasteiger partial charge in [0, 0.05) is 30.4 Å². The number of hydrogen-bond donors (Lipinski definition) is 4. The summed E-state index contributed by atoms with van der Waals surface area (Å²) in [7, 11) is 0. The molecule has 0 heterocycles. The highest BCUT2D eigenvalue weighted by molar-refractivity contribution is 6.31. The molecule has 9 nitrogen and oxygen atoms in total. The molecule has 10 heteroatoms. The van der Waals surface area contributed by atoms with E-state index in [0.717, 1.165) is 30.5 Å². The van der Waals surface area contributed by atoms with Crippen LogP contribution in [0.2, 0.25) is 5.02 Å². The van der Waals surface area contributed by atoms with Crippen LogP contribution in [0.15, 0.2) is 42.5 Å². The number of carbonyl (C=O) groups is 3. The average molecular weight is 563 g/mol. The van der Waals surface area contributed by atoms with Gasteiger partial charge >= 0.3 is 11.9 Å². The van der Waals surface area contributed by atoms with Crippen LogP contribution in [-0.4, -0.2) is 66.6 Å². The fourth-order valence-corrected chi connectivity index (χ4v) is 4.00. The second-order valence-corrected chi connectivity index (χ2v) is 9.85. The van der Waals surface area contributed by atoms with Crippen molar-refractivity contribution in [3.8, 4) is 0 Å². The number of halogens is 1. The van der Waals surface area contributed by atoms with Gasteiger partial charge in [-0.05, 0) is 69.2 Å². The Kier molecular flexibility index (Phi) is 14.3. The molecular formula is C29H39ClN2O7. The summed E-state index contributed by atoms with van der Waals surface area (Å²) >= 11 is 6.14. The van der Waals surface area contributed by atoms with E-state index in [4.69, 9.17) is 26.2 Å². The topological polar surface area (TPSA) is 134 Å². The molecule has 0 aliphatic heterocycles. The van der Waals surface area contributed by atoms with Crippen LogP contribution in [0.25, 0.3) is 0 Å². The predicted molar refractivity (Wildman–Crippen MR) is 150 cm³/mol. The number of carbonyl (C=O) groups excluding carboxylic acids is 1. The normalized spacial score (nSPS) is 12.5. The molecule has 2 atom stereocenters. The molecule has 2 rings (SSSR count). The van der Waals surface area contributed by atoms with E-state index in [9.17, 15) is 19.5 Å². The first kappa shape index (κ1) is 32.1. The highest BCUT2D eigenvalue weighted by atomic mass is 35.5. The van der Waals surface area contributed by atoms with Gasteiger partial charge in [-0.1, -0.05) is 53.9 Å². The summed E-state index contributed by atoms with van der Waals surface area (Å²) in [5.41, 5.74) is 4.35. The summed E-state index contributed by atoms with van der Waals surface area (Å²) in [5.74, 6) is -3.44. The number of nitrogens with one attached hydrogen (secondary N) is 2. The Morgan fingerprint density at radius 3 is 2.26 bits per heavy atom. The lowest BCUT2D eigenvalue weighted by molar-refractivity contribution is -0.172. The van der Waals surface area contributed by atoms with Crippen LogP contribution in [-0.2, 0) is 30.3 Å². The summed E-state index contributed by atoms with van der Waals surface area (Å²) in [4.78, 5) is 35.5. The number of carboxylic acids is 2. The number of benzene rings is 2. The first-order valence-corrected chi connectivity index (χ1v) is 13.6. The van der Waals surface area contributed by atoms with Gasteiger partial charge in [0.25, 0.3) is 5.91 Å². The third-order valence-electron chi connectivity index (χ3n) is 6.09. The van der Waals surface area contributed by atoms with E-state index in [1.165, 1.54) is 11.1 Å². The summed E-state index contributed by atoms with van der Waals surface area (Å²) < 4.78 is 10.6. The standard InChI is InChI=1S/C29H39ClN2O7/c1-20-9-12-22(13-10-20)8-4-3-5-16-32-28(35)26(27(29(36)37)39-19-25(33)34)38-17-7-6-15-31-23-14-11-21(2)24(30)18-23/h9-14,18,26-27,31H,3-8,15-17,19H2,1-2H3,(H,32,35)(H,33,34)(H,36,37). The van der Waals surface area contributed by atoms with E-state index in [1.54, 1.807) is 0 Å². The van der Waals surface area contributed by atoms with Gasteiger partial charge in [0.05, 0.1) is 0 Å². The van der Waals surface area contributed by atoms with Crippen molar-refractivity contribution < 1.29 is 34.1 Å². The fourth-order valence-electron chi connectivity index (χ4n) is 3.82. The van der Waals surface area contributed by atoms with E-state index in [0.29, 0.717) is 37.4 Å². The Hall–Kier alpha value is -3.14. The minimum absolute atomic E-state index is 0.102. The smallest absolute Gasteiger partial charge is 0.336 e. The molecule has 0 aliphatic carbocycles. The zero-order valence-electron chi connectivity index (χ0n) is 22.6. The number of ether oxygens (including phenoxy) is 2. The molecule has 4 N–H and O–H groups in total. The van der Waals surface area contributed by atoms with Gasteiger partial charge in [-0.2, -0.15) is 0 Å². The highest BCUT2D eigenvalue weighted by Crippen LogP contribution is 2.20. The summed E-state index contributed by atoms with van der Waals surface area (Å²) in [5, 5.41) is 25.1. The zero-order chi connectivity index (χ0) is 28.6. The molecule has 39 heavy (non-hydrogen) atoms. The number of anilines is 1. The van der Waals surface area contributed by atoms with Crippen molar-refractivity contribution in [3.63, 3.8) is 0 Å². The minimum Gasteiger partial charge on any atom is -0.480 e. The molecule has 214 valence electrons. The number of hydrogen-bond acceptors (Lipinski definition) is 6. The van der Waals surface area contributed by atoms with E-state index in [2.05, 4.69) is 34.9 Å². The van der Waals surface area contributed by atoms with Crippen molar-refractivity contribution in [2.45, 2.75) is 64.6 Å². The van der Waals surface area contributed by atoms with Gasteiger partial charge in [-0.25, -0.2) is 9.59 Å². The molecule has 0 aliphatic rings. The van der Waals surface area contributed by atoms with Crippen LogP contribution in [0.1, 0.15) is 48.8 Å². The van der Waals surface area contributed by atoms with Gasteiger partial charge in [0.15, 0.2) is 12.2 Å². The Morgan fingerprint density at radius 1 is 0.872 bits per heavy atom. The van der Waals surface area contributed by atoms with Crippen LogP contribution in [0.3, 0.4) is 0 Å². The Bertz CT molecular complexity index is 1060. The Balaban J connectivity index is 1.79. The van der Waals surface area contributed by atoms with Gasteiger partial charge < -0.3 is 30.3 Å². The van der Waals surface area contributed by atoms with Gasteiger partial charge in [0.1, 0.15) is 6.61 Å². The number of carboxylic acid groups (broad SMARTS) is 2. The quantitative estimate of drug-likeness (QED) is 0.182. The second kappa shape index (κ2) is 17.4. The molecule has 0 saturated heterocycles. The molecule has 0 spiro atoms. The number of amides is 1. The van der Waals surface area contributed by atoms with Crippen molar-refractivity contribution >= 4 is 35.1 Å². The summed E-state index contributed by atoms with van der Waals surface area (Å²) in [6, 6.07) is 14.1. The molecule has 0 aromatic heterocycles. The molecule has 0 fully saturated rings. The van der Waals surface area contributed by atoms with Crippen molar-refractivity contribution in [1.82, 2.24) is 5.32 Å². The molecule has 0 saturated carbocycles. The molecule has 2 aromatic carbocycles. The number of aryl methyl sites for hydroxylation is 3. The summed E-state index contributed by atoms with van der Waals surface area (Å²) in [6.07, 6.45) is 1.52. The highest BCUT2D eigenvalue weighted by Gasteiger charge is 2.36. The van der Waals surface area contributed by atoms with Gasteiger partial charge in [-0.15, -0.1) is 0 Å². The Morgan fingerprint density at radius 2 is 1.59 bits per heavy atom. The van der Waals surface area contributed by atoms with E-state index >= 15 is 0 Å². The van der Waals surface area contributed by atoms with E-state index < -0.39 is 36.7 Å². The molecule has 0 bridgehead atoms. The van der Waals surface area contributed by atoms with Crippen molar-refractivity contribution in [3.05, 3.63) is 64.2 Å². The van der Waals surface area contributed by atoms with Crippen LogP contribution >= 0.6 is 11.6 Å². The van der Waals surface area contributed by atoms with E-state index in [1.807, 2.05) is 32.0 Å². The zero-order valence-corrected chi connectivity index (χ0v) is 23.3. The second-order valence-electron chi connectivity index (χ2n) is 9.44. The molecule has 0 radical (unpaired) electrons. The van der Waals surface area contributed by atoms with Gasteiger partial charge in [0.2, 0.25) is 0 Å². The van der Waals surface area contributed by atoms with Crippen LogP contribution in [0, 0.1) is 13.8 Å². The third-order valence-corrected chi connectivity index (χ3v) is 6.50. The maximum absolute atomic E-state index is 12.8. The van der Waals surface area contributed by atoms with Crippen molar-refractivity contribution in [2.24, 2.45) is 0 Å². The first-order valence-electron chi connectivity index (χ1n) is 13.2. The van der Waals surface area contributed by atoms with E-state index in [-0.39, 0.29) is 6.61 Å². The third kappa shape index (κ3) is 12.5. The monoisotopic (exact) mass is 562 g/mol. The molecule has 2 aromatic rings. The van der Waals surface area contributed by atoms with Crippen molar-refractivity contribution in [2.75, 3.05) is 31.6 Å². The predicted octanol–water partition coefficient (Wildman–Crippen LogP) is 4.62. The van der Waals surface area contributed by atoms with Crippen molar-refractivity contribution in [1.29, 1.82) is 0 Å².